The largest absolute Gasteiger partial charge is 0.465 e. The molecule has 4 rings (SSSR count). The summed E-state index contributed by atoms with van der Waals surface area (Å²) in [5.41, 5.74) is -0.594. The van der Waals surface area contributed by atoms with Crippen LogP contribution in [-0.2, 0) is 5.41 Å². The highest BCUT2D eigenvalue weighted by Crippen LogP contribution is 2.59. The van der Waals surface area contributed by atoms with Crippen molar-refractivity contribution >= 4 is 11.8 Å². The Balaban J connectivity index is 2.09. The van der Waals surface area contributed by atoms with Crippen molar-refractivity contribution in [2.45, 2.75) is 63.7 Å². The van der Waals surface area contributed by atoms with Crippen molar-refractivity contribution in [2.75, 3.05) is 6.54 Å². The number of halogens is 3. The van der Waals surface area contributed by atoms with Crippen LogP contribution in [0.25, 0.3) is 0 Å². The number of amides is 1. The molecule has 0 spiro atoms. The number of benzene rings is 2. The van der Waals surface area contributed by atoms with Gasteiger partial charge in [0.2, 0.25) is 0 Å². The lowest BCUT2D eigenvalue weighted by molar-refractivity contribution is -0.165. The summed E-state index contributed by atoms with van der Waals surface area (Å²) in [5, 5.41) is 10.0. The molecule has 33 heavy (non-hydrogen) atoms. The summed E-state index contributed by atoms with van der Waals surface area (Å²) in [6.07, 6.45) is -6.70. The Labute approximate surface area is 192 Å². The van der Waals surface area contributed by atoms with Gasteiger partial charge in [0, 0.05) is 23.1 Å². The van der Waals surface area contributed by atoms with Crippen LogP contribution in [0.3, 0.4) is 0 Å². The number of hydrogen-bond donors (Lipinski definition) is 1. The molecule has 1 N–H and O–H groups in total. The maximum atomic E-state index is 14.2. The van der Waals surface area contributed by atoms with E-state index in [1.807, 2.05) is 75.4 Å². The molecule has 4 nitrogen and oxygen atoms in total. The molecular weight excluding hydrogens is 429 g/mol. The fourth-order valence-electron chi connectivity index (χ4n) is 6.25. The van der Waals surface area contributed by atoms with Gasteiger partial charge in [-0.1, -0.05) is 82.3 Å². The van der Waals surface area contributed by atoms with Crippen molar-refractivity contribution in [3.63, 3.8) is 0 Å². The molecule has 3 atom stereocenters. The molecule has 0 aliphatic carbocycles. The summed E-state index contributed by atoms with van der Waals surface area (Å²) in [5.74, 6) is 0. The van der Waals surface area contributed by atoms with Gasteiger partial charge < -0.3 is 10.0 Å². The minimum Gasteiger partial charge on any atom is -0.465 e. The monoisotopic (exact) mass is 458 g/mol. The Kier molecular flexibility index (Phi) is 5.38. The zero-order chi connectivity index (χ0) is 24.2. The lowest BCUT2D eigenvalue weighted by Crippen LogP contribution is -2.72. The highest BCUT2D eigenvalue weighted by Gasteiger charge is 2.66. The number of aliphatic imine (C=N–C) groups is 1. The van der Waals surface area contributed by atoms with E-state index in [1.165, 1.54) is 4.90 Å². The van der Waals surface area contributed by atoms with Gasteiger partial charge in [-0.25, -0.2) is 4.79 Å². The normalized spacial score (nSPS) is 27.4. The second kappa shape index (κ2) is 7.61. The van der Waals surface area contributed by atoms with E-state index in [2.05, 4.69) is 0 Å². The molecule has 2 aliphatic rings. The minimum absolute atomic E-state index is 0.00330. The molecule has 1 fully saturated rings. The van der Waals surface area contributed by atoms with Gasteiger partial charge in [0.15, 0.2) is 0 Å². The maximum Gasteiger partial charge on any atom is 0.407 e. The molecule has 1 amide bonds. The summed E-state index contributed by atoms with van der Waals surface area (Å²) < 4.78 is 42.5. The van der Waals surface area contributed by atoms with E-state index in [1.54, 1.807) is 6.92 Å². The van der Waals surface area contributed by atoms with Crippen LogP contribution in [0, 0.1) is 5.41 Å². The van der Waals surface area contributed by atoms with Crippen molar-refractivity contribution in [1.29, 1.82) is 0 Å². The number of fused-ring (bicyclic) bond motifs is 3. The number of nitrogens with zero attached hydrogens (tertiary/aromatic N) is 2. The molecule has 2 aromatic rings. The van der Waals surface area contributed by atoms with E-state index in [0.717, 1.165) is 11.1 Å². The zero-order valence-electron chi connectivity index (χ0n) is 19.3. The van der Waals surface area contributed by atoms with Gasteiger partial charge in [0.25, 0.3) is 0 Å². The van der Waals surface area contributed by atoms with Crippen LogP contribution in [0.2, 0.25) is 0 Å². The summed E-state index contributed by atoms with van der Waals surface area (Å²) in [4.78, 5) is 18.5. The Bertz CT molecular complexity index is 1090. The molecule has 1 saturated heterocycles. The van der Waals surface area contributed by atoms with Gasteiger partial charge in [0.05, 0.1) is 23.7 Å². The van der Waals surface area contributed by atoms with Gasteiger partial charge in [-0.15, -0.1) is 0 Å². The van der Waals surface area contributed by atoms with Crippen LogP contribution < -0.4 is 0 Å². The van der Waals surface area contributed by atoms with Crippen molar-refractivity contribution in [1.82, 2.24) is 4.90 Å². The van der Waals surface area contributed by atoms with Crippen LogP contribution in [0.5, 0.6) is 0 Å². The van der Waals surface area contributed by atoms with Gasteiger partial charge in [-0.2, -0.15) is 13.2 Å². The summed E-state index contributed by atoms with van der Waals surface area (Å²) in [6.45, 7) is 7.45. The van der Waals surface area contributed by atoms with Crippen molar-refractivity contribution < 1.29 is 23.1 Å². The van der Waals surface area contributed by atoms with Crippen LogP contribution in [0.1, 0.15) is 57.2 Å². The molecule has 0 bridgehead atoms. The van der Waals surface area contributed by atoms with Crippen LogP contribution >= 0.6 is 0 Å². The van der Waals surface area contributed by atoms with Crippen molar-refractivity contribution in [3.05, 3.63) is 71.3 Å². The number of likely N-dealkylation sites (tertiary alicyclic amines) is 1. The first-order valence-corrected chi connectivity index (χ1v) is 11.1. The second-order valence-electron chi connectivity index (χ2n) is 10.4. The fraction of sp³-hybridized carbons (Fsp3) is 0.462. The van der Waals surface area contributed by atoms with Crippen LogP contribution in [0.15, 0.2) is 59.6 Å². The third-order valence-electron chi connectivity index (χ3n) is 7.27. The number of rotatable bonds is 2. The standard InChI is InChI=1S/C26H29F3N2O2/c1-23(2,3)21-24(4)19-13-9-8-12-18(19)20(17-10-6-5-7-11-17)30-25(24,16-26(27,28)29)14-15-31(21)22(32)33/h5-13,21H,14-16H2,1-4H3,(H,32,33). The predicted octanol–water partition coefficient (Wildman–Crippen LogP) is 6.28. The van der Waals surface area contributed by atoms with Gasteiger partial charge >= 0.3 is 12.3 Å². The summed E-state index contributed by atoms with van der Waals surface area (Å²) >= 11 is 0. The maximum absolute atomic E-state index is 14.2. The number of carboxylic acid groups (broad SMARTS) is 1. The van der Waals surface area contributed by atoms with E-state index in [-0.39, 0.29) is 13.0 Å². The molecule has 0 radical (unpaired) electrons. The Morgan fingerprint density at radius 2 is 1.70 bits per heavy atom. The van der Waals surface area contributed by atoms with Gasteiger partial charge in [-0.3, -0.25) is 4.99 Å². The summed E-state index contributed by atoms with van der Waals surface area (Å²) in [7, 11) is 0. The van der Waals surface area contributed by atoms with E-state index < -0.39 is 41.1 Å². The molecule has 2 aromatic carbocycles. The minimum atomic E-state index is -4.47. The number of piperidine rings is 1. The third kappa shape index (κ3) is 3.71. The molecule has 0 aromatic heterocycles. The topological polar surface area (TPSA) is 52.9 Å². The first-order chi connectivity index (χ1) is 15.3. The molecular formula is C26H29F3N2O2. The van der Waals surface area contributed by atoms with Gasteiger partial charge in [0.1, 0.15) is 0 Å². The zero-order valence-corrected chi connectivity index (χ0v) is 19.3. The lowest BCUT2D eigenvalue weighted by Gasteiger charge is -2.62. The molecule has 7 heteroatoms. The molecule has 2 aliphatic heterocycles. The smallest absolute Gasteiger partial charge is 0.407 e. The Hall–Kier alpha value is -2.83. The highest BCUT2D eigenvalue weighted by molar-refractivity contribution is 6.15. The van der Waals surface area contributed by atoms with Crippen molar-refractivity contribution in [3.8, 4) is 0 Å². The van der Waals surface area contributed by atoms with E-state index >= 15 is 0 Å². The SMILES string of the molecule is CC(C)(C)C1N(C(=O)O)CCC2(CC(F)(F)F)N=C(c3ccccc3)c3ccccc3C12C. The Morgan fingerprint density at radius 3 is 2.27 bits per heavy atom. The van der Waals surface area contributed by atoms with Gasteiger partial charge in [-0.05, 0) is 17.4 Å². The van der Waals surface area contributed by atoms with E-state index in [4.69, 9.17) is 4.99 Å². The number of carbonyl (C=O) groups is 1. The summed E-state index contributed by atoms with van der Waals surface area (Å²) in [6, 6.07) is 15.9. The molecule has 0 saturated carbocycles. The molecule has 176 valence electrons. The average Bonchev–Trinajstić information content (AvgIpc) is 2.72. The van der Waals surface area contributed by atoms with Crippen molar-refractivity contribution in [2.24, 2.45) is 10.4 Å². The quantitative estimate of drug-likeness (QED) is 0.575. The van der Waals surface area contributed by atoms with Crippen LogP contribution in [0.4, 0.5) is 18.0 Å². The Morgan fingerprint density at radius 1 is 1.09 bits per heavy atom. The average molecular weight is 459 g/mol. The second-order valence-corrected chi connectivity index (χ2v) is 10.4. The number of hydrogen-bond acceptors (Lipinski definition) is 2. The van der Waals surface area contributed by atoms with E-state index in [0.29, 0.717) is 11.3 Å². The first kappa shape index (κ1) is 23.3. The predicted molar refractivity (Wildman–Crippen MR) is 122 cm³/mol. The van der Waals surface area contributed by atoms with E-state index in [9.17, 15) is 23.1 Å². The molecule has 3 unspecified atom stereocenters. The first-order valence-electron chi connectivity index (χ1n) is 11.1. The highest BCUT2D eigenvalue weighted by atomic mass is 19.4. The molecule has 2 heterocycles. The van der Waals surface area contributed by atoms with Crippen LogP contribution in [-0.4, -0.2) is 46.1 Å². The fourth-order valence-corrected chi connectivity index (χ4v) is 6.25. The number of alkyl halides is 3. The lowest BCUT2D eigenvalue weighted by atomic mass is 9.51. The third-order valence-corrected chi connectivity index (χ3v) is 7.27.